The van der Waals surface area contributed by atoms with Crippen molar-refractivity contribution in [2.24, 2.45) is 0 Å². The second-order valence-corrected chi connectivity index (χ2v) is 5.92. The van der Waals surface area contributed by atoms with Crippen LogP contribution >= 0.6 is 34.8 Å². The molecule has 2 rings (SSSR count). The van der Waals surface area contributed by atoms with Crippen molar-refractivity contribution in [3.8, 4) is 0 Å². The lowest BCUT2D eigenvalue weighted by atomic mass is 10.4. The van der Waals surface area contributed by atoms with Crippen LogP contribution in [0.1, 0.15) is 0 Å². The van der Waals surface area contributed by atoms with Crippen LogP contribution in [0.2, 0.25) is 15.3 Å². The quantitative estimate of drug-likeness (QED) is 0.856. The number of benzene rings is 1. The van der Waals surface area contributed by atoms with E-state index in [9.17, 15) is 8.42 Å². The second-order valence-electron chi connectivity index (χ2n) is 3.06. The van der Waals surface area contributed by atoms with Crippen LogP contribution in [-0.2, 0) is 10.0 Å². The Hall–Kier alpha value is -0.750. The molecule has 2 aromatic rings. The van der Waals surface area contributed by atoms with E-state index in [1.807, 2.05) is 0 Å². The van der Waals surface area contributed by atoms with Crippen LogP contribution in [0.3, 0.4) is 0 Å². The number of nitrogens with zero attached hydrogens (tertiary/aromatic N) is 2. The minimum absolute atomic E-state index is 0.0535. The van der Waals surface area contributed by atoms with Gasteiger partial charge in [0.25, 0.3) is 10.0 Å². The van der Waals surface area contributed by atoms with Gasteiger partial charge in [0.05, 0.1) is 4.90 Å². The van der Waals surface area contributed by atoms with Gasteiger partial charge in [-0.3, -0.25) is 0 Å². The highest BCUT2D eigenvalue weighted by molar-refractivity contribution is 7.90. The molecule has 0 atom stereocenters. The van der Waals surface area contributed by atoms with Crippen LogP contribution in [0.25, 0.3) is 0 Å². The predicted molar refractivity (Wildman–Crippen MR) is 66.3 cm³/mol. The van der Waals surface area contributed by atoms with Crippen molar-refractivity contribution in [1.29, 1.82) is 0 Å². The molecule has 0 amide bonds. The van der Waals surface area contributed by atoms with Crippen molar-refractivity contribution >= 4 is 44.8 Å². The molecule has 0 N–H and O–H groups in total. The summed E-state index contributed by atoms with van der Waals surface area (Å²) >= 11 is 17.0. The van der Waals surface area contributed by atoms with Crippen molar-refractivity contribution in [3.63, 3.8) is 0 Å². The Morgan fingerprint density at radius 3 is 2.12 bits per heavy atom. The highest BCUT2D eigenvalue weighted by Gasteiger charge is 2.24. The summed E-state index contributed by atoms with van der Waals surface area (Å²) in [6, 6.07) is 7.73. The summed E-state index contributed by atoms with van der Waals surface area (Å²) in [6.45, 7) is 0. The van der Waals surface area contributed by atoms with E-state index >= 15 is 0 Å². The molecule has 0 bridgehead atoms. The largest absolute Gasteiger partial charge is 0.284 e. The first-order valence-corrected chi connectivity index (χ1v) is 6.92. The highest BCUT2D eigenvalue weighted by Crippen LogP contribution is 2.31. The van der Waals surface area contributed by atoms with Crippen LogP contribution in [0.15, 0.2) is 35.2 Å². The second kappa shape index (κ2) is 4.49. The van der Waals surface area contributed by atoms with Gasteiger partial charge < -0.3 is 0 Å². The summed E-state index contributed by atoms with van der Waals surface area (Å²) in [7, 11) is -3.87. The molecule has 0 saturated carbocycles. The molecule has 4 nitrogen and oxygen atoms in total. The lowest BCUT2D eigenvalue weighted by Gasteiger charge is -2.04. The lowest BCUT2D eigenvalue weighted by molar-refractivity contribution is 0.580. The third kappa shape index (κ3) is 2.15. The molecule has 0 saturated heterocycles. The normalized spacial score (nSPS) is 11.7. The van der Waals surface area contributed by atoms with Gasteiger partial charge in [-0.2, -0.15) is 8.42 Å². The molecule has 90 valence electrons. The third-order valence-corrected chi connectivity index (χ3v) is 4.83. The van der Waals surface area contributed by atoms with Crippen LogP contribution in [0.5, 0.6) is 0 Å². The van der Waals surface area contributed by atoms with Crippen LogP contribution < -0.4 is 0 Å². The molecule has 0 fully saturated rings. The maximum absolute atomic E-state index is 12.1. The van der Waals surface area contributed by atoms with Crippen LogP contribution in [-0.4, -0.2) is 17.6 Å². The minimum Gasteiger partial charge on any atom is -0.199 e. The first kappa shape index (κ1) is 12.7. The van der Waals surface area contributed by atoms with Crippen LogP contribution in [0.4, 0.5) is 0 Å². The maximum Gasteiger partial charge on any atom is 0.284 e. The first-order chi connectivity index (χ1) is 7.94. The molecule has 1 aromatic heterocycles. The molecule has 0 aliphatic heterocycles. The summed E-state index contributed by atoms with van der Waals surface area (Å²) in [5, 5.41) is 3.11. The summed E-state index contributed by atoms with van der Waals surface area (Å²) in [4.78, 5) is 0.0535. The predicted octanol–water partition coefficient (Wildman–Crippen LogP) is 3.08. The van der Waals surface area contributed by atoms with E-state index in [4.69, 9.17) is 34.8 Å². The van der Waals surface area contributed by atoms with Gasteiger partial charge in [0.2, 0.25) is 0 Å². The zero-order valence-electron chi connectivity index (χ0n) is 8.14. The molecular formula is C9H5Cl3N2O2S. The zero-order chi connectivity index (χ0) is 12.6. The molecular weight excluding hydrogens is 307 g/mol. The van der Waals surface area contributed by atoms with E-state index in [1.165, 1.54) is 12.1 Å². The Bertz CT molecular complexity index is 652. The van der Waals surface area contributed by atoms with Crippen molar-refractivity contribution in [3.05, 3.63) is 45.7 Å². The van der Waals surface area contributed by atoms with Crippen LogP contribution in [0, 0.1) is 0 Å². The standard InChI is InChI=1S/C9H5Cl3N2O2S/c10-7-8(11)13-14(9(7)12)17(15,16)6-4-2-1-3-5-6/h1-5H. The summed E-state index contributed by atoms with van der Waals surface area (Å²) in [6.07, 6.45) is 0. The number of halogens is 3. The fourth-order valence-electron chi connectivity index (χ4n) is 1.19. The summed E-state index contributed by atoms with van der Waals surface area (Å²) < 4.78 is 24.8. The Balaban J connectivity index is 2.65. The van der Waals surface area contributed by atoms with Gasteiger partial charge in [-0.1, -0.05) is 53.0 Å². The van der Waals surface area contributed by atoms with E-state index in [1.54, 1.807) is 18.2 Å². The Morgan fingerprint density at radius 2 is 1.65 bits per heavy atom. The number of hydrogen-bond acceptors (Lipinski definition) is 3. The molecule has 0 aliphatic rings. The van der Waals surface area contributed by atoms with E-state index in [2.05, 4.69) is 5.10 Å². The minimum atomic E-state index is -3.87. The van der Waals surface area contributed by atoms with Gasteiger partial charge in [0, 0.05) is 0 Å². The topological polar surface area (TPSA) is 52.0 Å². The Kier molecular flexibility index (Phi) is 3.36. The number of aromatic nitrogens is 2. The fourth-order valence-corrected chi connectivity index (χ4v) is 3.21. The summed E-state index contributed by atoms with van der Waals surface area (Å²) in [5.74, 6) is 0. The molecule has 0 spiro atoms. The summed E-state index contributed by atoms with van der Waals surface area (Å²) in [5.41, 5.74) is 0. The van der Waals surface area contributed by atoms with E-state index in [0.717, 1.165) is 0 Å². The lowest BCUT2D eigenvalue weighted by Crippen LogP contribution is -2.14. The molecule has 17 heavy (non-hydrogen) atoms. The van der Waals surface area contributed by atoms with Gasteiger partial charge >= 0.3 is 0 Å². The van der Waals surface area contributed by atoms with E-state index in [0.29, 0.717) is 4.09 Å². The molecule has 8 heteroatoms. The molecule has 0 aliphatic carbocycles. The average molecular weight is 312 g/mol. The van der Waals surface area contributed by atoms with Crippen molar-refractivity contribution in [2.45, 2.75) is 4.90 Å². The SMILES string of the molecule is O=S(=O)(c1ccccc1)n1nc(Cl)c(Cl)c1Cl. The first-order valence-electron chi connectivity index (χ1n) is 4.34. The van der Waals surface area contributed by atoms with Gasteiger partial charge in [-0.25, -0.2) is 0 Å². The maximum atomic E-state index is 12.1. The average Bonchev–Trinajstić information content (AvgIpc) is 2.59. The van der Waals surface area contributed by atoms with Gasteiger partial charge in [-0.15, -0.1) is 9.19 Å². The smallest absolute Gasteiger partial charge is 0.199 e. The van der Waals surface area contributed by atoms with Crippen molar-refractivity contribution < 1.29 is 8.42 Å². The molecule has 0 unspecified atom stereocenters. The van der Waals surface area contributed by atoms with Gasteiger partial charge in [0.1, 0.15) is 5.02 Å². The molecule has 1 aromatic carbocycles. The van der Waals surface area contributed by atoms with Gasteiger partial charge in [0.15, 0.2) is 10.3 Å². The number of hydrogen-bond donors (Lipinski definition) is 0. The third-order valence-electron chi connectivity index (χ3n) is 1.98. The zero-order valence-corrected chi connectivity index (χ0v) is 11.2. The highest BCUT2D eigenvalue weighted by atomic mass is 35.5. The Morgan fingerprint density at radius 1 is 1.06 bits per heavy atom. The fraction of sp³-hybridized carbons (Fsp3) is 0. The number of rotatable bonds is 2. The monoisotopic (exact) mass is 310 g/mol. The Labute approximate surface area is 113 Å². The van der Waals surface area contributed by atoms with Gasteiger partial charge in [-0.05, 0) is 12.1 Å². The van der Waals surface area contributed by atoms with Crippen molar-refractivity contribution in [2.75, 3.05) is 0 Å². The van der Waals surface area contributed by atoms with E-state index < -0.39 is 10.0 Å². The molecule has 1 heterocycles. The van der Waals surface area contributed by atoms with Crippen molar-refractivity contribution in [1.82, 2.24) is 9.19 Å². The van der Waals surface area contributed by atoms with E-state index in [-0.39, 0.29) is 20.2 Å². The molecule has 0 radical (unpaired) electrons.